The van der Waals surface area contributed by atoms with Crippen LogP contribution >= 0.6 is 0 Å². The number of rotatable bonds is 5. The normalized spacial score (nSPS) is 22.4. The van der Waals surface area contributed by atoms with Crippen LogP contribution in [0.5, 0.6) is 0 Å². The highest BCUT2D eigenvalue weighted by Gasteiger charge is 2.48. The summed E-state index contributed by atoms with van der Waals surface area (Å²) >= 11 is 0. The Morgan fingerprint density at radius 1 is 1.35 bits per heavy atom. The Labute approximate surface area is 136 Å². The Balaban J connectivity index is 2.05. The van der Waals surface area contributed by atoms with Crippen molar-refractivity contribution in [1.29, 1.82) is 0 Å². The van der Waals surface area contributed by atoms with Crippen molar-refractivity contribution in [2.75, 3.05) is 13.1 Å². The molecule has 2 rings (SSSR count). The van der Waals surface area contributed by atoms with Crippen molar-refractivity contribution in [3.05, 3.63) is 35.6 Å². The van der Waals surface area contributed by atoms with E-state index >= 15 is 0 Å². The van der Waals surface area contributed by atoms with Gasteiger partial charge in [-0.15, -0.1) is 0 Å². The van der Waals surface area contributed by atoms with E-state index in [1.807, 2.05) is 20.8 Å². The highest BCUT2D eigenvalue weighted by Crippen LogP contribution is 2.38. The molecule has 2 unspecified atom stereocenters. The number of halogens is 1. The van der Waals surface area contributed by atoms with Crippen LogP contribution in [-0.4, -0.2) is 35.0 Å². The average Bonchev–Trinajstić information content (AvgIpc) is 2.93. The van der Waals surface area contributed by atoms with Gasteiger partial charge in [-0.05, 0) is 36.5 Å². The van der Waals surface area contributed by atoms with Gasteiger partial charge in [-0.2, -0.15) is 0 Å². The molecule has 0 spiro atoms. The summed E-state index contributed by atoms with van der Waals surface area (Å²) < 4.78 is 13.2. The zero-order valence-electron chi connectivity index (χ0n) is 13.9. The minimum Gasteiger partial charge on any atom is -0.481 e. The summed E-state index contributed by atoms with van der Waals surface area (Å²) in [6.45, 7) is 6.31. The van der Waals surface area contributed by atoms with Crippen molar-refractivity contribution < 1.29 is 19.1 Å². The van der Waals surface area contributed by atoms with Crippen LogP contribution in [0.4, 0.5) is 4.39 Å². The van der Waals surface area contributed by atoms with Gasteiger partial charge in [0.1, 0.15) is 5.82 Å². The van der Waals surface area contributed by atoms with Crippen LogP contribution in [-0.2, 0) is 16.0 Å². The smallest absolute Gasteiger partial charge is 0.311 e. The summed E-state index contributed by atoms with van der Waals surface area (Å²) in [4.78, 5) is 25.9. The number of hydrogen-bond donors (Lipinski definition) is 1. The van der Waals surface area contributed by atoms with Crippen molar-refractivity contribution in [2.45, 2.75) is 33.6 Å². The Morgan fingerprint density at radius 2 is 2.04 bits per heavy atom. The maximum Gasteiger partial charge on any atom is 0.311 e. The molecule has 1 aromatic carbocycles. The molecule has 5 heteroatoms. The number of likely N-dealkylation sites (tertiary alicyclic amines) is 1. The van der Waals surface area contributed by atoms with Gasteiger partial charge in [0.15, 0.2) is 0 Å². The van der Waals surface area contributed by atoms with E-state index in [1.165, 1.54) is 12.1 Å². The molecule has 1 aliphatic rings. The van der Waals surface area contributed by atoms with Crippen LogP contribution in [0.1, 0.15) is 32.8 Å². The molecule has 126 valence electrons. The zero-order valence-corrected chi connectivity index (χ0v) is 13.9. The first kappa shape index (κ1) is 17.4. The molecule has 0 bridgehead atoms. The van der Waals surface area contributed by atoms with Crippen molar-refractivity contribution in [3.8, 4) is 0 Å². The second kappa shape index (κ2) is 6.69. The number of carboxylic acids is 1. The van der Waals surface area contributed by atoms with Gasteiger partial charge < -0.3 is 10.0 Å². The fourth-order valence-electron chi connectivity index (χ4n) is 3.33. The molecule has 23 heavy (non-hydrogen) atoms. The van der Waals surface area contributed by atoms with Gasteiger partial charge in [-0.25, -0.2) is 4.39 Å². The van der Waals surface area contributed by atoms with E-state index < -0.39 is 11.4 Å². The summed E-state index contributed by atoms with van der Waals surface area (Å²) in [5.41, 5.74) is -0.0766. The lowest BCUT2D eigenvalue weighted by atomic mass is 9.76. The summed E-state index contributed by atoms with van der Waals surface area (Å²) in [6.07, 6.45) is 0.938. The predicted octanol–water partition coefficient (Wildman–Crippen LogP) is 2.96. The van der Waals surface area contributed by atoms with Crippen LogP contribution in [0.25, 0.3) is 0 Å². The molecule has 0 aliphatic carbocycles. The fourth-order valence-corrected chi connectivity index (χ4v) is 3.33. The molecule has 1 aliphatic heterocycles. The molecular weight excluding hydrogens is 297 g/mol. The molecule has 1 aromatic rings. The Kier molecular flexibility index (Phi) is 5.07. The number of carbonyl (C=O) groups excluding carboxylic acids is 1. The SMILES string of the molecule is CC(Cc1cccc(F)c1)C(=O)N1CCC(C(=O)O)(C(C)C)C1. The number of nitrogens with zero attached hydrogens (tertiary/aromatic N) is 1. The highest BCUT2D eigenvalue weighted by molar-refractivity contribution is 5.82. The van der Waals surface area contributed by atoms with Gasteiger partial charge in [0.2, 0.25) is 5.91 Å². The third kappa shape index (κ3) is 3.54. The number of amides is 1. The van der Waals surface area contributed by atoms with E-state index in [1.54, 1.807) is 17.0 Å². The summed E-state index contributed by atoms with van der Waals surface area (Å²) in [6, 6.07) is 6.24. The first-order valence-electron chi connectivity index (χ1n) is 8.03. The van der Waals surface area contributed by atoms with E-state index in [2.05, 4.69) is 0 Å². The van der Waals surface area contributed by atoms with Crippen LogP contribution in [0.2, 0.25) is 0 Å². The average molecular weight is 321 g/mol. The molecule has 1 saturated heterocycles. The monoisotopic (exact) mass is 321 g/mol. The molecular formula is C18H24FNO3. The summed E-state index contributed by atoms with van der Waals surface area (Å²) in [7, 11) is 0. The summed E-state index contributed by atoms with van der Waals surface area (Å²) in [5.74, 6) is -1.53. The van der Waals surface area contributed by atoms with Crippen molar-refractivity contribution >= 4 is 11.9 Å². The standard InChI is InChI=1S/C18H24FNO3/c1-12(2)18(17(22)23)7-8-20(11-18)16(21)13(3)9-14-5-4-6-15(19)10-14/h4-6,10,12-13H,7-9,11H2,1-3H3,(H,22,23). The van der Waals surface area contributed by atoms with Gasteiger partial charge in [-0.3, -0.25) is 9.59 Å². The molecule has 0 saturated carbocycles. The van der Waals surface area contributed by atoms with E-state index in [0.717, 1.165) is 5.56 Å². The minimum atomic E-state index is -0.853. The van der Waals surface area contributed by atoms with E-state index in [9.17, 15) is 19.1 Å². The third-order valence-electron chi connectivity index (χ3n) is 5.00. The van der Waals surface area contributed by atoms with Crippen LogP contribution in [0, 0.1) is 23.1 Å². The third-order valence-corrected chi connectivity index (χ3v) is 5.00. The van der Waals surface area contributed by atoms with E-state index in [-0.39, 0.29) is 30.1 Å². The second-order valence-electron chi connectivity index (χ2n) is 6.86. The van der Waals surface area contributed by atoms with E-state index in [0.29, 0.717) is 19.4 Å². The lowest BCUT2D eigenvalue weighted by molar-refractivity contribution is -0.151. The number of benzene rings is 1. The Hall–Kier alpha value is -1.91. The number of hydrogen-bond acceptors (Lipinski definition) is 2. The Morgan fingerprint density at radius 3 is 2.57 bits per heavy atom. The van der Waals surface area contributed by atoms with Crippen LogP contribution < -0.4 is 0 Å². The fraction of sp³-hybridized carbons (Fsp3) is 0.556. The molecule has 0 radical (unpaired) electrons. The first-order chi connectivity index (χ1) is 10.8. The van der Waals surface area contributed by atoms with Gasteiger partial charge >= 0.3 is 5.97 Å². The van der Waals surface area contributed by atoms with Gasteiger partial charge in [-0.1, -0.05) is 32.9 Å². The maximum atomic E-state index is 13.2. The minimum absolute atomic E-state index is 0.0312. The zero-order chi connectivity index (χ0) is 17.2. The van der Waals surface area contributed by atoms with Crippen molar-refractivity contribution in [3.63, 3.8) is 0 Å². The second-order valence-corrected chi connectivity index (χ2v) is 6.86. The quantitative estimate of drug-likeness (QED) is 0.907. The molecule has 1 heterocycles. The Bertz CT molecular complexity index is 602. The maximum absolute atomic E-state index is 13.2. The molecule has 0 aromatic heterocycles. The lowest BCUT2D eigenvalue weighted by Crippen LogP contribution is -2.42. The molecule has 1 fully saturated rings. The number of aliphatic carboxylic acids is 1. The first-order valence-corrected chi connectivity index (χ1v) is 8.03. The predicted molar refractivity (Wildman–Crippen MR) is 85.4 cm³/mol. The van der Waals surface area contributed by atoms with Crippen molar-refractivity contribution in [1.82, 2.24) is 4.90 Å². The molecule has 2 atom stereocenters. The number of carboxylic acid groups (broad SMARTS) is 1. The van der Waals surface area contributed by atoms with Crippen molar-refractivity contribution in [2.24, 2.45) is 17.3 Å². The molecule has 1 amide bonds. The number of carbonyl (C=O) groups is 2. The summed E-state index contributed by atoms with van der Waals surface area (Å²) in [5, 5.41) is 9.56. The lowest BCUT2D eigenvalue weighted by Gasteiger charge is -2.29. The van der Waals surface area contributed by atoms with Crippen LogP contribution in [0.15, 0.2) is 24.3 Å². The van der Waals surface area contributed by atoms with Gasteiger partial charge in [0, 0.05) is 19.0 Å². The molecule has 4 nitrogen and oxygen atoms in total. The van der Waals surface area contributed by atoms with E-state index in [4.69, 9.17) is 0 Å². The highest BCUT2D eigenvalue weighted by atomic mass is 19.1. The van der Waals surface area contributed by atoms with Gasteiger partial charge in [0.05, 0.1) is 5.41 Å². The molecule has 1 N–H and O–H groups in total. The topological polar surface area (TPSA) is 57.6 Å². The largest absolute Gasteiger partial charge is 0.481 e. The van der Waals surface area contributed by atoms with Crippen LogP contribution in [0.3, 0.4) is 0 Å². The van der Waals surface area contributed by atoms with Gasteiger partial charge in [0.25, 0.3) is 0 Å².